The van der Waals surface area contributed by atoms with Crippen molar-refractivity contribution < 1.29 is 58.4 Å². The molecule has 12 rings (SSSR count). The molecule has 0 radical (unpaired) electrons. The summed E-state index contributed by atoms with van der Waals surface area (Å²) in [5, 5.41) is 17.0. The maximum absolute atomic E-state index is 14.2. The van der Waals surface area contributed by atoms with Gasteiger partial charge in [-0.25, -0.2) is 47.1 Å². The van der Waals surface area contributed by atoms with E-state index >= 15 is 0 Å². The number of benzene rings is 3. The van der Waals surface area contributed by atoms with Crippen LogP contribution in [0.3, 0.4) is 0 Å². The summed E-state index contributed by atoms with van der Waals surface area (Å²) in [5.74, 6) is 1.43. The van der Waals surface area contributed by atoms with Crippen LogP contribution in [0.25, 0.3) is 73.8 Å². The number of aromatic nitrogens is 9. The third-order valence-corrected chi connectivity index (χ3v) is 11.6. The maximum Gasteiger partial charge on any atom is 0.490 e. The van der Waals surface area contributed by atoms with Crippen LogP contribution < -0.4 is 16.7 Å². The van der Waals surface area contributed by atoms with Crippen LogP contribution in [0.1, 0.15) is 0 Å². The van der Waals surface area contributed by atoms with Crippen molar-refractivity contribution in [3.63, 3.8) is 0 Å². The molecule has 0 saturated carbocycles. The molecular weight excluding hydrogens is 1100 g/mol. The van der Waals surface area contributed by atoms with Crippen LogP contribution >= 0.6 is 22.6 Å². The van der Waals surface area contributed by atoms with E-state index in [0.29, 0.717) is 51.4 Å². The van der Waals surface area contributed by atoms with E-state index in [1.165, 1.54) is 73.5 Å². The van der Waals surface area contributed by atoms with Crippen molar-refractivity contribution in [3.8, 4) is 56.3 Å². The van der Waals surface area contributed by atoms with E-state index in [1.807, 2.05) is 22.6 Å². The second-order valence-corrected chi connectivity index (χ2v) is 16.2. The molecule has 0 spiro atoms. The number of hydrazine groups is 1. The third-order valence-electron chi connectivity index (χ3n) is 10.5. The van der Waals surface area contributed by atoms with Gasteiger partial charge in [-0.05, 0) is 89.3 Å². The molecule has 74 heavy (non-hydrogen) atoms. The molecule has 16 nitrogen and oxygen atoms in total. The molecule has 9 heterocycles. The molecule has 0 aliphatic rings. The first-order chi connectivity index (χ1) is 35.7. The van der Waals surface area contributed by atoms with Gasteiger partial charge in [-0.1, -0.05) is 6.07 Å². The topological polar surface area (TPSA) is 208 Å². The number of nitrogen functional groups attached to an aromatic ring is 1. The standard InChI is InChI=1S/C16H8F3N3O.C16H11F2N5O.C11H5F2IN2O.C5H5BFNO2/c17-10-2-3-11(12(18)7-10)14-15(9-1-4-13(19)20-8-9)22-5-6-23-16(22)21-14;17-10-2-3-11(12(18)7-10)14-15(23-5-6-24-16(23)21-14)9-1-4-13(22-19)20-8-9;12-6-1-2-7(8(13)5-6)9-10(14)16-3-4-17-11(16)15-9;7-5-2-1-4(3-8-5)6(9)10/h1-8H;1-8H,19H2,(H,20,22);1-5H;1-3,9-10H. The molecule has 0 fully saturated rings. The van der Waals surface area contributed by atoms with Gasteiger partial charge in [0.05, 0.1) is 11.4 Å². The molecule has 372 valence electrons. The van der Waals surface area contributed by atoms with Crippen molar-refractivity contribution in [2.75, 3.05) is 5.43 Å². The SMILES string of the molecule is Fc1ccc(-c2nc3occn3c2-c2ccc(F)nc2)c(F)c1.Fc1ccc(-c2nc3occn3c2I)c(F)c1.NNc1ccc(-c2c(-c3ccc(F)cc3F)nc3occn23)cn1.OB(O)c1ccc(F)nc1. The zero-order valence-electron chi connectivity index (χ0n) is 37.1. The van der Waals surface area contributed by atoms with Crippen LogP contribution in [0, 0.1) is 50.5 Å². The number of imidazole rings is 3. The zero-order valence-corrected chi connectivity index (χ0v) is 39.2. The van der Waals surface area contributed by atoms with Crippen molar-refractivity contribution in [3.05, 3.63) is 197 Å². The third kappa shape index (κ3) is 10.6. The highest BCUT2D eigenvalue weighted by Gasteiger charge is 2.23. The van der Waals surface area contributed by atoms with E-state index in [-0.39, 0.29) is 33.7 Å². The molecule has 3 aromatic carbocycles. The molecule has 0 unspecified atom stereocenters. The number of nitrogens with zero attached hydrogens (tertiary/aromatic N) is 9. The summed E-state index contributed by atoms with van der Waals surface area (Å²) < 4.78 is 128. The average Bonchev–Trinajstić information content (AvgIpc) is 4.25. The van der Waals surface area contributed by atoms with Gasteiger partial charge in [-0.3, -0.25) is 13.2 Å². The fourth-order valence-corrected chi connectivity index (χ4v) is 7.93. The number of pyridine rings is 3. The van der Waals surface area contributed by atoms with E-state index in [2.05, 4.69) is 35.3 Å². The lowest BCUT2D eigenvalue weighted by atomic mass is 9.82. The minimum Gasteiger partial charge on any atom is -0.432 e. The highest BCUT2D eigenvalue weighted by Crippen LogP contribution is 2.36. The van der Waals surface area contributed by atoms with Crippen LogP contribution in [-0.4, -0.2) is 60.3 Å². The van der Waals surface area contributed by atoms with Crippen LogP contribution in [0.2, 0.25) is 0 Å². The Hall–Kier alpha value is -8.73. The van der Waals surface area contributed by atoms with E-state index < -0.39 is 53.9 Å². The summed E-state index contributed by atoms with van der Waals surface area (Å²) in [6.45, 7) is 0. The molecule has 0 aliphatic heterocycles. The zero-order chi connectivity index (χ0) is 52.2. The fourth-order valence-electron chi connectivity index (χ4n) is 7.15. The summed E-state index contributed by atoms with van der Waals surface area (Å²) in [5.41, 5.74) is 6.48. The lowest BCUT2D eigenvalue weighted by molar-refractivity contribution is 0.425. The van der Waals surface area contributed by atoms with Crippen molar-refractivity contribution >= 4 is 58.5 Å². The molecule has 9 aromatic heterocycles. The number of fused-ring (bicyclic) bond motifs is 3. The van der Waals surface area contributed by atoms with Gasteiger partial charge in [-0.15, -0.1) is 0 Å². The van der Waals surface area contributed by atoms with E-state index in [4.69, 9.17) is 29.1 Å². The Morgan fingerprint density at radius 2 is 0.919 bits per heavy atom. The average molecular weight is 1130 g/mol. The van der Waals surface area contributed by atoms with Crippen molar-refractivity contribution in [2.45, 2.75) is 0 Å². The van der Waals surface area contributed by atoms with Crippen molar-refractivity contribution in [1.29, 1.82) is 0 Å². The Morgan fingerprint density at radius 1 is 0.500 bits per heavy atom. The molecule has 0 bridgehead atoms. The predicted octanol–water partition coefficient (Wildman–Crippen LogP) is 9.67. The number of hydrogen-bond donors (Lipinski definition) is 4. The lowest BCUT2D eigenvalue weighted by Crippen LogP contribution is -2.30. The molecule has 0 saturated heterocycles. The monoisotopic (exact) mass is 1130 g/mol. The van der Waals surface area contributed by atoms with Crippen molar-refractivity contribution in [2.24, 2.45) is 5.84 Å². The molecule has 0 amide bonds. The Labute approximate surface area is 423 Å². The molecule has 5 N–H and O–H groups in total. The van der Waals surface area contributed by atoms with Crippen LogP contribution in [0.5, 0.6) is 0 Å². The van der Waals surface area contributed by atoms with E-state index in [1.54, 1.807) is 50.1 Å². The minimum atomic E-state index is -1.58. The second kappa shape index (κ2) is 21.6. The van der Waals surface area contributed by atoms with E-state index in [9.17, 15) is 35.1 Å². The smallest absolute Gasteiger partial charge is 0.432 e. The van der Waals surface area contributed by atoms with Gasteiger partial charge in [-0.2, -0.15) is 23.7 Å². The largest absolute Gasteiger partial charge is 0.490 e. The predicted molar refractivity (Wildman–Crippen MR) is 259 cm³/mol. The number of nitrogens with two attached hydrogens (primary N) is 1. The summed E-state index contributed by atoms with van der Waals surface area (Å²) in [4.78, 5) is 23.7. The quantitative estimate of drug-likeness (QED) is 0.0293. The highest BCUT2D eigenvalue weighted by atomic mass is 127. The number of nitrogens with one attached hydrogen (secondary N) is 1. The summed E-state index contributed by atoms with van der Waals surface area (Å²) in [6.07, 6.45) is 13.3. The van der Waals surface area contributed by atoms with Gasteiger partial charge in [0, 0.05) is 88.7 Å². The minimum absolute atomic E-state index is 0.115. The number of halogens is 9. The summed E-state index contributed by atoms with van der Waals surface area (Å²) in [6, 6.07) is 18.5. The second-order valence-electron chi connectivity index (χ2n) is 15.1. The molecule has 26 heteroatoms. The van der Waals surface area contributed by atoms with Gasteiger partial charge in [0.2, 0.25) is 11.9 Å². The first-order valence-electron chi connectivity index (χ1n) is 21.1. The molecular formula is C48H29BF8IN11O5. The lowest BCUT2D eigenvalue weighted by Gasteiger charge is -2.06. The van der Waals surface area contributed by atoms with Gasteiger partial charge >= 0.3 is 24.7 Å². The summed E-state index contributed by atoms with van der Waals surface area (Å²) in [7, 11) is -1.58. The maximum atomic E-state index is 14.2. The van der Waals surface area contributed by atoms with Gasteiger partial charge < -0.3 is 28.7 Å². The van der Waals surface area contributed by atoms with Crippen LogP contribution in [-0.2, 0) is 0 Å². The first kappa shape index (κ1) is 50.2. The number of anilines is 1. The van der Waals surface area contributed by atoms with Crippen LogP contribution in [0.15, 0.2) is 160 Å². The highest BCUT2D eigenvalue weighted by molar-refractivity contribution is 14.1. The normalized spacial score (nSPS) is 11.0. The first-order valence-corrected chi connectivity index (χ1v) is 22.2. The van der Waals surface area contributed by atoms with Crippen molar-refractivity contribution in [1.82, 2.24) is 43.1 Å². The number of hydrogen-bond acceptors (Lipinski definition) is 13. The van der Waals surface area contributed by atoms with Gasteiger partial charge in [0.15, 0.2) is 0 Å². The summed E-state index contributed by atoms with van der Waals surface area (Å²) >= 11 is 2.04. The Kier molecular flexibility index (Phi) is 14.6. The Balaban J connectivity index is 0.000000126. The Morgan fingerprint density at radius 3 is 1.31 bits per heavy atom. The number of rotatable bonds is 7. The fraction of sp³-hybridized carbons (Fsp3) is 0. The molecule has 0 aliphatic carbocycles. The van der Waals surface area contributed by atoms with Gasteiger partial charge in [0.1, 0.15) is 80.3 Å². The molecule has 12 aromatic rings. The Bertz CT molecular complexity index is 3900. The van der Waals surface area contributed by atoms with Gasteiger partial charge in [0.25, 0.3) is 0 Å². The van der Waals surface area contributed by atoms with Crippen LogP contribution in [0.4, 0.5) is 40.9 Å². The molecule has 0 atom stereocenters. The van der Waals surface area contributed by atoms with E-state index in [0.717, 1.165) is 40.2 Å². The number of oxazole rings is 3.